The molecule has 1 heterocycles. The first-order valence-corrected chi connectivity index (χ1v) is 8.00. The third-order valence-corrected chi connectivity index (χ3v) is 5.43. The number of hydrogen-bond acceptors (Lipinski definition) is 1. The summed E-state index contributed by atoms with van der Waals surface area (Å²) in [5.41, 5.74) is 2.98. The third-order valence-electron chi connectivity index (χ3n) is 5.43. The molecule has 0 aromatic heterocycles. The van der Waals surface area contributed by atoms with Gasteiger partial charge in [0.25, 0.3) is 0 Å². The Kier molecular flexibility index (Phi) is 3.98. The third kappa shape index (κ3) is 2.56. The second kappa shape index (κ2) is 5.73. The van der Waals surface area contributed by atoms with Crippen LogP contribution in [0.5, 0.6) is 0 Å². The normalized spacial score (nSPS) is 36.5. The van der Waals surface area contributed by atoms with Gasteiger partial charge in [-0.15, -0.1) is 0 Å². The summed E-state index contributed by atoms with van der Waals surface area (Å²) in [4.78, 5) is 0. The molecule has 20 heavy (non-hydrogen) atoms. The van der Waals surface area contributed by atoms with E-state index in [1.807, 2.05) is 0 Å². The fourth-order valence-corrected chi connectivity index (χ4v) is 4.30. The molecule has 0 saturated carbocycles. The molecular weight excluding hydrogens is 244 g/mol. The number of ether oxygens (including phenoxy) is 1. The van der Waals surface area contributed by atoms with Crippen molar-refractivity contribution in [1.29, 1.82) is 0 Å². The summed E-state index contributed by atoms with van der Waals surface area (Å²) in [7, 11) is 0. The van der Waals surface area contributed by atoms with Crippen molar-refractivity contribution in [3.8, 4) is 0 Å². The quantitative estimate of drug-likeness (QED) is 0.736. The average molecular weight is 270 g/mol. The molecule has 1 heteroatoms. The Balaban J connectivity index is 1.70. The van der Waals surface area contributed by atoms with Gasteiger partial charge in [0.1, 0.15) is 0 Å². The molecule has 1 aliphatic heterocycles. The predicted molar refractivity (Wildman–Crippen MR) is 83.6 cm³/mol. The van der Waals surface area contributed by atoms with Gasteiger partial charge < -0.3 is 4.74 Å². The lowest BCUT2D eigenvalue weighted by Gasteiger charge is -2.47. The Bertz CT molecular complexity index is 476. The van der Waals surface area contributed by atoms with Crippen molar-refractivity contribution in [1.82, 2.24) is 0 Å². The fraction of sp³-hybridized carbons (Fsp3) is 0.579. The Morgan fingerprint density at radius 3 is 2.65 bits per heavy atom. The molecule has 0 spiro atoms. The minimum atomic E-state index is 0.408. The second-order valence-electron chi connectivity index (χ2n) is 6.71. The van der Waals surface area contributed by atoms with Gasteiger partial charge in [-0.05, 0) is 43.1 Å². The summed E-state index contributed by atoms with van der Waals surface area (Å²) < 4.78 is 6.24. The summed E-state index contributed by atoms with van der Waals surface area (Å²) >= 11 is 0. The van der Waals surface area contributed by atoms with Gasteiger partial charge in [-0.2, -0.15) is 0 Å². The zero-order valence-corrected chi connectivity index (χ0v) is 12.9. The summed E-state index contributed by atoms with van der Waals surface area (Å²) in [5.74, 6) is 2.80. The summed E-state index contributed by atoms with van der Waals surface area (Å²) in [6.45, 7) is 8.02. The average Bonchev–Trinajstić information content (AvgIpc) is 2.44. The smallest absolute Gasteiger partial charge is 0.0646 e. The molecule has 1 nitrogen and oxygen atoms in total. The standard InChI is InChI=1S/C19H26O/c1-13-11-14(2)19-15(3)17(13)12-20-18(19)10-9-16-7-5-4-6-8-16/h4-8,11,13,15,17-19H,9-10,12H2,1-3H3/t13-,15-,17+,18+,19+/m0/s1. The minimum absolute atomic E-state index is 0.408. The molecule has 1 fully saturated rings. The Labute approximate surface area is 123 Å². The molecule has 1 aromatic rings. The SMILES string of the molecule is CC1=C[C@H](C)[C@H]2CO[C@H](CCc3ccccc3)[C@H]1[C@H]2C. The Hall–Kier alpha value is -1.08. The van der Waals surface area contributed by atoms with Crippen LogP contribution in [0.3, 0.4) is 0 Å². The van der Waals surface area contributed by atoms with Gasteiger partial charge in [0.15, 0.2) is 0 Å². The maximum absolute atomic E-state index is 6.24. The van der Waals surface area contributed by atoms with Gasteiger partial charge in [0, 0.05) is 5.92 Å². The number of benzene rings is 1. The van der Waals surface area contributed by atoms with Crippen LogP contribution in [0.25, 0.3) is 0 Å². The van der Waals surface area contributed by atoms with Crippen molar-refractivity contribution >= 4 is 0 Å². The van der Waals surface area contributed by atoms with Crippen LogP contribution in [0.2, 0.25) is 0 Å². The lowest BCUT2D eigenvalue weighted by molar-refractivity contribution is -0.0935. The van der Waals surface area contributed by atoms with E-state index in [0.29, 0.717) is 17.9 Å². The van der Waals surface area contributed by atoms with Crippen LogP contribution in [-0.4, -0.2) is 12.7 Å². The van der Waals surface area contributed by atoms with Gasteiger partial charge in [-0.1, -0.05) is 55.8 Å². The molecule has 2 bridgehead atoms. The topological polar surface area (TPSA) is 9.23 Å². The largest absolute Gasteiger partial charge is 0.377 e. The predicted octanol–water partition coefficient (Wildman–Crippen LogP) is 4.48. The monoisotopic (exact) mass is 270 g/mol. The number of hydrogen-bond donors (Lipinski definition) is 0. The zero-order valence-electron chi connectivity index (χ0n) is 12.9. The van der Waals surface area contributed by atoms with Crippen molar-refractivity contribution < 1.29 is 4.74 Å². The van der Waals surface area contributed by atoms with Gasteiger partial charge in [0.05, 0.1) is 12.7 Å². The maximum Gasteiger partial charge on any atom is 0.0646 e. The van der Waals surface area contributed by atoms with Gasteiger partial charge in [0.2, 0.25) is 0 Å². The van der Waals surface area contributed by atoms with E-state index in [-0.39, 0.29) is 0 Å². The van der Waals surface area contributed by atoms with Crippen LogP contribution in [0.1, 0.15) is 32.8 Å². The Morgan fingerprint density at radius 1 is 1.15 bits per heavy atom. The van der Waals surface area contributed by atoms with Crippen molar-refractivity contribution in [2.24, 2.45) is 23.7 Å². The number of allylic oxidation sites excluding steroid dienone is 1. The van der Waals surface area contributed by atoms with E-state index in [4.69, 9.17) is 4.74 Å². The van der Waals surface area contributed by atoms with Crippen LogP contribution in [0.4, 0.5) is 0 Å². The number of aryl methyl sites for hydroxylation is 1. The first-order chi connectivity index (χ1) is 9.66. The van der Waals surface area contributed by atoms with Crippen molar-refractivity contribution in [3.05, 3.63) is 47.5 Å². The van der Waals surface area contributed by atoms with Gasteiger partial charge >= 0.3 is 0 Å². The Morgan fingerprint density at radius 2 is 1.90 bits per heavy atom. The summed E-state index contributed by atoms with van der Waals surface area (Å²) in [6.07, 6.45) is 5.17. The summed E-state index contributed by atoms with van der Waals surface area (Å²) in [5, 5.41) is 0. The van der Waals surface area contributed by atoms with Crippen LogP contribution in [0.15, 0.2) is 42.0 Å². The molecule has 5 atom stereocenters. The lowest BCUT2D eigenvalue weighted by Crippen LogP contribution is -2.46. The molecule has 2 aliphatic rings. The van der Waals surface area contributed by atoms with Crippen LogP contribution >= 0.6 is 0 Å². The van der Waals surface area contributed by atoms with Crippen LogP contribution in [0, 0.1) is 23.7 Å². The van der Waals surface area contributed by atoms with Crippen molar-refractivity contribution in [2.75, 3.05) is 6.61 Å². The van der Waals surface area contributed by atoms with Crippen molar-refractivity contribution in [2.45, 2.75) is 39.7 Å². The molecular formula is C19H26O. The molecule has 0 unspecified atom stereocenters. The minimum Gasteiger partial charge on any atom is -0.377 e. The van der Waals surface area contributed by atoms with E-state index in [1.165, 1.54) is 5.56 Å². The first kappa shape index (κ1) is 13.9. The van der Waals surface area contributed by atoms with E-state index in [1.54, 1.807) is 5.57 Å². The highest BCUT2D eigenvalue weighted by Gasteiger charge is 2.42. The highest BCUT2D eigenvalue weighted by molar-refractivity contribution is 5.18. The van der Waals surface area contributed by atoms with Gasteiger partial charge in [-0.25, -0.2) is 0 Å². The number of rotatable bonds is 3. The zero-order chi connectivity index (χ0) is 14.1. The fourth-order valence-electron chi connectivity index (χ4n) is 4.30. The highest BCUT2D eigenvalue weighted by Crippen LogP contribution is 2.45. The molecule has 1 aromatic carbocycles. The van der Waals surface area contributed by atoms with E-state index in [9.17, 15) is 0 Å². The van der Waals surface area contributed by atoms with Crippen LogP contribution in [-0.2, 0) is 11.2 Å². The van der Waals surface area contributed by atoms with Gasteiger partial charge in [-0.3, -0.25) is 0 Å². The molecule has 3 rings (SSSR count). The van der Waals surface area contributed by atoms with Crippen LogP contribution < -0.4 is 0 Å². The molecule has 1 aliphatic carbocycles. The van der Waals surface area contributed by atoms with Crippen molar-refractivity contribution in [3.63, 3.8) is 0 Å². The lowest BCUT2D eigenvalue weighted by atomic mass is 9.65. The summed E-state index contributed by atoms with van der Waals surface area (Å²) in [6, 6.07) is 10.8. The highest BCUT2D eigenvalue weighted by atomic mass is 16.5. The molecule has 1 saturated heterocycles. The molecule has 0 amide bonds. The molecule has 108 valence electrons. The van der Waals surface area contributed by atoms with E-state index in [2.05, 4.69) is 57.2 Å². The maximum atomic E-state index is 6.24. The molecule has 0 radical (unpaired) electrons. The van der Waals surface area contributed by atoms with E-state index < -0.39 is 0 Å². The van der Waals surface area contributed by atoms with E-state index in [0.717, 1.165) is 31.3 Å². The van der Waals surface area contributed by atoms with E-state index >= 15 is 0 Å². The second-order valence-corrected chi connectivity index (χ2v) is 6.71. The number of fused-ring (bicyclic) bond motifs is 2. The molecule has 0 N–H and O–H groups in total. The first-order valence-electron chi connectivity index (χ1n) is 8.00.